The Bertz CT molecular complexity index is 674. The van der Waals surface area contributed by atoms with E-state index >= 15 is 0 Å². The van der Waals surface area contributed by atoms with Gasteiger partial charge in [0.1, 0.15) is 5.84 Å². The van der Waals surface area contributed by atoms with Crippen LogP contribution in [0.5, 0.6) is 0 Å². The maximum Gasteiger partial charge on any atom is 0.277 e. The molecule has 0 unspecified atom stereocenters. The van der Waals surface area contributed by atoms with Crippen LogP contribution in [-0.4, -0.2) is 15.6 Å². The third kappa shape index (κ3) is 2.93. The monoisotopic (exact) mass is 270 g/mol. The largest absolute Gasteiger partial charge is 0.384 e. The molecule has 1 heterocycles. The van der Waals surface area contributed by atoms with E-state index in [1.54, 1.807) is 6.07 Å². The highest BCUT2D eigenvalue weighted by atomic mass is 16.1. The van der Waals surface area contributed by atoms with Crippen molar-refractivity contribution in [1.29, 1.82) is 5.41 Å². The number of amidine groups is 1. The Morgan fingerprint density at radius 3 is 2.55 bits per heavy atom. The first-order valence-corrected chi connectivity index (χ1v) is 6.51. The highest BCUT2D eigenvalue weighted by Gasteiger charge is 2.12. The standard InChI is InChI=1S/C15H18N4O/c1-10(2)9-19-15(20)12(14(16)17)8-13(18-19)11-6-4-3-5-7-11/h3-8,10H,9H2,1-2H3,(H3,16,17). The molecule has 0 radical (unpaired) electrons. The van der Waals surface area contributed by atoms with Gasteiger partial charge in [0, 0.05) is 12.1 Å². The second-order valence-electron chi connectivity index (χ2n) is 5.10. The van der Waals surface area contributed by atoms with E-state index in [1.807, 2.05) is 44.2 Å². The fourth-order valence-electron chi connectivity index (χ4n) is 1.95. The lowest BCUT2D eigenvalue weighted by Gasteiger charge is -2.11. The summed E-state index contributed by atoms with van der Waals surface area (Å²) in [5.74, 6) is 0.0538. The molecular formula is C15H18N4O. The van der Waals surface area contributed by atoms with Crippen molar-refractivity contribution in [3.05, 3.63) is 52.3 Å². The minimum absolute atomic E-state index is 0.194. The number of nitrogens with zero attached hydrogens (tertiary/aromatic N) is 2. The van der Waals surface area contributed by atoms with Gasteiger partial charge < -0.3 is 5.73 Å². The molecular weight excluding hydrogens is 252 g/mol. The number of nitrogens with two attached hydrogens (primary N) is 1. The molecule has 20 heavy (non-hydrogen) atoms. The van der Waals surface area contributed by atoms with Gasteiger partial charge in [-0.2, -0.15) is 5.10 Å². The second-order valence-corrected chi connectivity index (χ2v) is 5.10. The molecule has 5 nitrogen and oxygen atoms in total. The predicted molar refractivity (Wildman–Crippen MR) is 79.8 cm³/mol. The lowest BCUT2D eigenvalue weighted by Crippen LogP contribution is -2.32. The number of nitrogen functional groups attached to an aromatic ring is 1. The maximum atomic E-state index is 12.2. The smallest absolute Gasteiger partial charge is 0.277 e. The topological polar surface area (TPSA) is 84.8 Å². The molecule has 2 rings (SSSR count). The SMILES string of the molecule is CC(C)Cn1nc(-c2ccccc2)cc(C(=N)N)c1=O. The fourth-order valence-corrected chi connectivity index (χ4v) is 1.95. The molecule has 0 aliphatic heterocycles. The van der Waals surface area contributed by atoms with Crippen molar-refractivity contribution >= 4 is 5.84 Å². The van der Waals surface area contributed by atoms with Crippen LogP contribution >= 0.6 is 0 Å². The summed E-state index contributed by atoms with van der Waals surface area (Å²) in [6.07, 6.45) is 0. The maximum absolute atomic E-state index is 12.2. The Balaban J connectivity index is 2.62. The Kier molecular flexibility index (Phi) is 3.98. The van der Waals surface area contributed by atoms with Gasteiger partial charge in [-0.1, -0.05) is 44.2 Å². The predicted octanol–water partition coefficient (Wildman–Crippen LogP) is 1.85. The van der Waals surface area contributed by atoms with Crippen LogP contribution in [0.1, 0.15) is 19.4 Å². The number of hydrogen-bond acceptors (Lipinski definition) is 3. The van der Waals surface area contributed by atoms with Crippen molar-refractivity contribution in [2.45, 2.75) is 20.4 Å². The van der Waals surface area contributed by atoms with Crippen LogP contribution in [0.4, 0.5) is 0 Å². The Labute approximate surface area is 117 Å². The van der Waals surface area contributed by atoms with Crippen LogP contribution < -0.4 is 11.3 Å². The first-order valence-electron chi connectivity index (χ1n) is 6.51. The van der Waals surface area contributed by atoms with Gasteiger partial charge in [-0.05, 0) is 12.0 Å². The van der Waals surface area contributed by atoms with Gasteiger partial charge in [-0.25, -0.2) is 4.68 Å². The Hall–Kier alpha value is -2.43. The highest BCUT2D eigenvalue weighted by Crippen LogP contribution is 2.16. The van der Waals surface area contributed by atoms with Crippen LogP contribution in [0, 0.1) is 11.3 Å². The summed E-state index contributed by atoms with van der Waals surface area (Å²) in [7, 11) is 0. The van der Waals surface area contributed by atoms with Gasteiger partial charge in [-0.3, -0.25) is 10.2 Å². The van der Waals surface area contributed by atoms with E-state index < -0.39 is 0 Å². The molecule has 0 spiro atoms. The van der Waals surface area contributed by atoms with Crippen molar-refractivity contribution in [1.82, 2.24) is 9.78 Å². The van der Waals surface area contributed by atoms with E-state index in [0.717, 1.165) is 5.56 Å². The molecule has 0 saturated carbocycles. The highest BCUT2D eigenvalue weighted by molar-refractivity contribution is 5.95. The summed E-state index contributed by atoms with van der Waals surface area (Å²) in [5, 5.41) is 11.9. The summed E-state index contributed by atoms with van der Waals surface area (Å²) in [6.45, 7) is 4.52. The van der Waals surface area contributed by atoms with Crippen LogP contribution in [0.25, 0.3) is 11.3 Å². The van der Waals surface area contributed by atoms with E-state index in [2.05, 4.69) is 5.10 Å². The quantitative estimate of drug-likeness (QED) is 0.656. The van der Waals surface area contributed by atoms with Gasteiger partial charge in [0.05, 0.1) is 11.3 Å². The second kappa shape index (κ2) is 5.69. The normalized spacial score (nSPS) is 10.8. The molecule has 1 aromatic heterocycles. The summed E-state index contributed by atoms with van der Waals surface area (Å²) in [6, 6.07) is 11.1. The molecule has 1 aromatic carbocycles. The average Bonchev–Trinajstić information content (AvgIpc) is 2.41. The third-order valence-corrected chi connectivity index (χ3v) is 2.87. The van der Waals surface area contributed by atoms with Crippen LogP contribution in [0.3, 0.4) is 0 Å². The molecule has 5 heteroatoms. The van der Waals surface area contributed by atoms with Gasteiger partial charge in [0.15, 0.2) is 0 Å². The first-order chi connectivity index (χ1) is 9.49. The average molecular weight is 270 g/mol. The molecule has 0 aliphatic rings. The summed E-state index contributed by atoms with van der Waals surface area (Å²) in [5.41, 5.74) is 6.93. The van der Waals surface area contributed by atoms with Crippen LogP contribution in [0.15, 0.2) is 41.2 Å². The van der Waals surface area contributed by atoms with Gasteiger partial charge in [-0.15, -0.1) is 0 Å². The number of benzene rings is 1. The molecule has 0 amide bonds. The fraction of sp³-hybridized carbons (Fsp3) is 0.267. The first kappa shape index (κ1) is 14.0. The van der Waals surface area contributed by atoms with Crippen molar-refractivity contribution < 1.29 is 0 Å². The van der Waals surface area contributed by atoms with Gasteiger partial charge in [0.2, 0.25) is 0 Å². The number of hydrogen-bond donors (Lipinski definition) is 2. The van der Waals surface area contributed by atoms with E-state index in [-0.39, 0.29) is 22.9 Å². The van der Waals surface area contributed by atoms with Crippen molar-refractivity contribution in [3.8, 4) is 11.3 Å². The third-order valence-electron chi connectivity index (χ3n) is 2.87. The molecule has 104 valence electrons. The van der Waals surface area contributed by atoms with E-state index in [0.29, 0.717) is 12.2 Å². The summed E-state index contributed by atoms with van der Waals surface area (Å²) in [4.78, 5) is 12.2. The number of aromatic nitrogens is 2. The molecule has 0 saturated heterocycles. The molecule has 0 fully saturated rings. The minimum Gasteiger partial charge on any atom is -0.384 e. The van der Waals surface area contributed by atoms with Crippen molar-refractivity contribution in [2.75, 3.05) is 0 Å². The van der Waals surface area contributed by atoms with Gasteiger partial charge >= 0.3 is 0 Å². The number of rotatable bonds is 4. The molecule has 2 aromatic rings. The Morgan fingerprint density at radius 2 is 2.00 bits per heavy atom. The summed E-state index contributed by atoms with van der Waals surface area (Å²) < 4.78 is 1.39. The van der Waals surface area contributed by atoms with Crippen LogP contribution in [-0.2, 0) is 6.54 Å². The zero-order valence-corrected chi connectivity index (χ0v) is 11.6. The van der Waals surface area contributed by atoms with Crippen LogP contribution in [0.2, 0.25) is 0 Å². The van der Waals surface area contributed by atoms with Gasteiger partial charge in [0.25, 0.3) is 5.56 Å². The molecule has 0 atom stereocenters. The van der Waals surface area contributed by atoms with E-state index in [9.17, 15) is 4.79 Å². The number of nitrogens with one attached hydrogen (secondary N) is 1. The summed E-state index contributed by atoms with van der Waals surface area (Å²) >= 11 is 0. The minimum atomic E-state index is -0.314. The van der Waals surface area contributed by atoms with E-state index in [4.69, 9.17) is 11.1 Å². The Morgan fingerprint density at radius 1 is 1.35 bits per heavy atom. The lowest BCUT2D eigenvalue weighted by molar-refractivity contribution is 0.465. The molecule has 0 bridgehead atoms. The zero-order chi connectivity index (χ0) is 14.7. The van der Waals surface area contributed by atoms with Crippen molar-refractivity contribution in [2.24, 2.45) is 11.7 Å². The molecule has 0 aliphatic carbocycles. The van der Waals surface area contributed by atoms with Crippen molar-refractivity contribution in [3.63, 3.8) is 0 Å². The zero-order valence-electron chi connectivity index (χ0n) is 11.6. The lowest BCUT2D eigenvalue weighted by atomic mass is 10.1. The molecule has 3 N–H and O–H groups in total. The van der Waals surface area contributed by atoms with E-state index in [1.165, 1.54) is 4.68 Å².